The lowest BCUT2D eigenvalue weighted by Crippen LogP contribution is -2.04. The molecule has 0 heterocycles. The van der Waals surface area contributed by atoms with Crippen molar-refractivity contribution < 1.29 is 9.84 Å². The van der Waals surface area contributed by atoms with Crippen molar-refractivity contribution >= 4 is 0 Å². The number of methoxy groups -OCH3 is 1. The van der Waals surface area contributed by atoms with E-state index in [1.165, 1.54) is 11.1 Å². The monoisotopic (exact) mass is 194 g/mol. The lowest BCUT2D eigenvalue weighted by atomic mass is 10.1. The quantitative estimate of drug-likeness (QED) is 0.774. The van der Waals surface area contributed by atoms with E-state index < -0.39 is 0 Å². The van der Waals surface area contributed by atoms with Crippen LogP contribution in [0.15, 0.2) is 24.3 Å². The van der Waals surface area contributed by atoms with E-state index in [1.807, 2.05) is 0 Å². The summed E-state index contributed by atoms with van der Waals surface area (Å²) in [5, 5.41) is 9.20. The molecule has 0 spiro atoms. The van der Waals surface area contributed by atoms with Crippen molar-refractivity contribution in [2.24, 2.45) is 0 Å². The normalized spacial score (nSPS) is 12.8. The van der Waals surface area contributed by atoms with Gasteiger partial charge in [0.1, 0.15) is 0 Å². The molecule has 78 valence electrons. The number of hydrogen-bond acceptors (Lipinski definition) is 2. The highest BCUT2D eigenvalue weighted by molar-refractivity contribution is 5.23. The van der Waals surface area contributed by atoms with Crippen LogP contribution >= 0.6 is 0 Å². The van der Waals surface area contributed by atoms with E-state index in [1.54, 1.807) is 14.0 Å². The van der Waals surface area contributed by atoms with Gasteiger partial charge in [-0.3, -0.25) is 0 Å². The Hall–Kier alpha value is -0.860. The lowest BCUT2D eigenvalue weighted by Gasteiger charge is -2.05. The van der Waals surface area contributed by atoms with Crippen molar-refractivity contribution in [1.29, 1.82) is 0 Å². The number of rotatable bonds is 5. The summed E-state index contributed by atoms with van der Waals surface area (Å²) in [6, 6.07) is 8.32. The summed E-state index contributed by atoms with van der Waals surface area (Å²) in [6.07, 6.45) is 1.41. The summed E-state index contributed by atoms with van der Waals surface area (Å²) in [5.74, 6) is 0. The van der Waals surface area contributed by atoms with Crippen LogP contribution in [0.5, 0.6) is 0 Å². The smallest absolute Gasteiger partial charge is 0.0552 e. The highest BCUT2D eigenvalue weighted by Crippen LogP contribution is 2.07. The van der Waals surface area contributed by atoms with Crippen LogP contribution in [-0.2, 0) is 17.6 Å². The highest BCUT2D eigenvalue weighted by Gasteiger charge is 1.98. The second-order valence-electron chi connectivity index (χ2n) is 3.61. The van der Waals surface area contributed by atoms with Gasteiger partial charge in [-0.15, -0.1) is 0 Å². The molecular formula is C12H18O2. The molecule has 0 aliphatic heterocycles. The van der Waals surface area contributed by atoms with Gasteiger partial charge in [0.2, 0.25) is 0 Å². The average Bonchev–Trinajstić information content (AvgIpc) is 2.16. The maximum absolute atomic E-state index is 9.20. The van der Waals surface area contributed by atoms with Gasteiger partial charge in [0.05, 0.1) is 12.7 Å². The second kappa shape index (κ2) is 5.78. The molecule has 0 saturated carbocycles. The molecule has 14 heavy (non-hydrogen) atoms. The molecular weight excluding hydrogens is 176 g/mol. The van der Waals surface area contributed by atoms with Crippen molar-refractivity contribution in [3.63, 3.8) is 0 Å². The molecule has 0 aromatic heterocycles. The van der Waals surface area contributed by atoms with Gasteiger partial charge in [0.25, 0.3) is 0 Å². The third-order valence-electron chi connectivity index (χ3n) is 2.15. The van der Waals surface area contributed by atoms with E-state index in [0.717, 1.165) is 19.4 Å². The topological polar surface area (TPSA) is 29.5 Å². The largest absolute Gasteiger partial charge is 0.393 e. The number of hydrogen-bond donors (Lipinski definition) is 1. The van der Waals surface area contributed by atoms with E-state index in [4.69, 9.17) is 4.74 Å². The van der Waals surface area contributed by atoms with Crippen molar-refractivity contribution in [2.75, 3.05) is 13.7 Å². The molecule has 0 fully saturated rings. The van der Waals surface area contributed by atoms with Gasteiger partial charge in [-0.05, 0) is 30.9 Å². The molecule has 1 rings (SSSR count). The predicted molar refractivity (Wildman–Crippen MR) is 57.4 cm³/mol. The molecule has 1 aromatic rings. The highest BCUT2D eigenvalue weighted by atomic mass is 16.5. The molecule has 1 aromatic carbocycles. The Morgan fingerprint density at radius 3 is 2.29 bits per heavy atom. The lowest BCUT2D eigenvalue weighted by molar-refractivity contribution is 0.195. The standard InChI is InChI=1S/C12H18O2/c1-10(13)9-12-5-3-11(4-6-12)7-8-14-2/h3-6,10,13H,7-9H2,1-2H3. The maximum Gasteiger partial charge on any atom is 0.0552 e. The van der Waals surface area contributed by atoms with E-state index in [0.29, 0.717) is 0 Å². The zero-order valence-electron chi connectivity index (χ0n) is 8.86. The third-order valence-corrected chi connectivity index (χ3v) is 2.15. The van der Waals surface area contributed by atoms with Gasteiger partial charge in [-0.1, -0.05) is 24.3 Å². The molecule has 0 bridgehead atoms. The Bertz CT molecular complexity index is 252. The van der Waals surface area contributed by atoms with Crippen LogP contribution in [-0.4, -0.2) is 24.9 Å². The molecule has 1 atom stereocenters. The molecule has 0 aliphatic rings. The summed E-state index contributed by atoms with van der Waals surface area (Å²) in [5.41, 5.74) is 2.46. The van der Waals surface area contributed by atoms with Crippen LogP contribution in [0.1, 0.15) is 18.1 Å². The molecule has 0 aliphatic carbocycles. The van der Waals surface area contributed by atoms with Crippen molar-refractivity contribution in [1.82, 2.24) is 0 Å². The van der Waals surface area contributed by atoms with Crippen LogP contribution in [0, 0.1) is 0 Å². The summed E-state index contributed by atoms with van der Waals surface area (Å²) >= 11 is 0. The van der Waals surface area contributed by atoms with E-state index in [2.05, 4.69) is 24.3 Å². The minimum absolute atomic E-state index is 0.264. The van der Waals surface area contributed by atoms with E-state index >= 15 is 0 Å². The van der Waals surface area contributed by atoms with Crippen LogP contribution in [0.2, 0.25) is 0 Å². The van der Waals surface area contributed by atoms with Crippen molar-refractivity contribution in [3.05, 3.63) is 35.4 Å². The molecule has 2 nitrogen and oxygen atoms in total. The van der Waals surface area contributed by atoms with Crippen molar-refractivity contribution in [3.8, 4) is 0 Å². The van der Waals surface area contributed by atoms with Crippen molar-refractivity contribution in [2.45, 2.75) is 25.9 Å². The van der Waals surface area contributed by atoms with Gasteiger partial charge < -0.3 is 9.84 Å². The zero-order valence-corrected chi connectivity index (χ0v) is 8.86. The summed E-state index contributed by atoms with van der Waals surface area (Å²) in [6.45, 7) is 2.56. The molecule has 1 unspecified atom stereocenters. The van der Waals surface area contributed by atoms with Gasteiger partial charge in [-0.2, -0.15) is 0 Å². The Kier molecular flexibility index (Phi) is 4.63. The van der Waals surface area contributed by atoms with E-state index in [-0.39, 0.29) is 6.10 Å². The zero-order chi connectivity index (χ0) is 10.4. The average molecular weight is 194 g/mol. The predicted octanol–water partition coefficient (Wildman–Crippen LogP) is 1.80. The molecule has 0 saturated heterocycles. The summed E-state index contributed by atoms with van der Waals surface area (Å²) in [4.78, 5) is 0. The number of aliphatic hydroxyl groups is 1. The third kappa shape index (κ3) is 3.90. The molecule has 2 heteroatoms. The van der Waals surface area contributed by atoms with Crippen LogP contribution in [0.25, 0.3) is 0 Å². The second-order valence-corrected chi connectivity index (χ2v) is 3.61. The first-order valence-electron chi connectivity index (χ1n) is 4.97. The first-order chi connectivity index (χ1) is 6.72. The van der Waals surface area contributed by atoms with Gasteiger partial charge in [-0.25, -0.2) is 0 Å². The van der Waals surface area contributed by atoms with Crippen LogP contribution in [0.4, 0.5) is 0 Å². The first-order valence-corrected chi connectivity index (χ1v) is 4.97. The Balaban J connectivity index is 2.50. The molecule has 0 amide bonds. The molecule has 0 radical (unpaired) electrons. The first kappa shape index (κ1) is 11.2. The van der Waals surface area contributed by atoms with Gasteiger partial charge >= 0.3 is 0 Å². The van der Waals surface area contributed by atoms with Crippen LogP contribution < -0.4 is 0 Å². The SMILES string of the molecule is COCCc1ccc(CC(C)O)cc1. The Labute approximate surface area is 85.5 Å². The van der Waals surface area contributed by atoms with Gasteiger partial charge in [0, 0.05) is 7.11 Å². The fourth-order valence-corrected chi connectivity index (χ4v) is 1.40. The van der Waals surface area contributed by atoms with Crippen LogP contribution in [0.3, 0.4) is 0 Å². The minimum atomic E-state index is -0.264. The molecule has 1 N–H and O–H groups in total. The number of aliphatic hydroxyl groups excluding tert-OH is 1. The van der Waals surface area contributed by atoms with Gasteiger partial charge in [0.15, 0.2) is 0 Å². The van der Waals surface area contributed by atoms with E-state index in [9.17, 15) is 5.11 Å². The number of benzene rings is 1. The number of ether oxygens (including phenoxy) is 1. The Morgan fingerprint density at radius 1 is 1.21 bits per heavy atom. The maximum atomic E-state index is 9.20. The Morgan fingerprint density at radius 2 is 1.79 bits per heavy atom. The fraction of sp³-hybridized carbons (Fsp3) is 0.500. The summed E-state index contributed by atoms with van der Waals surface area (Å²) in [7, 11) is 1.71. The minimum Gasteiger partial charge on any atom is -0.393 e. The fourth-order valence-electron chi connectivity index (χ4n) is 1.40. The summed E-state index contributed by atoms with van der Waals surface area (Å²) < 4.78 is 5.00.